The summed E-state index contributed by atoms with van der Waals surface area (Å²) in [7, 11) is 0. The molecule has 0 bridgehead atoms. The minimum Gasteiger partial charge on any atom is -0.492 e. The first-order valence-electron chi connectivity index (χ1n) is 9.53. The Morgan fingerprint density at radius 2 is 1.69 bits per heavy atom. The summed E-state index contributed by atoms with van der Waals surface area (Å²) in [6.07, 6.45) is -4.39. The number of benzene rings is 2. The molecule has 3 rings (SSSR count). The van der Waals surface area contributed by atoms with Gasteiger partial charge in [-0.05, 0) is 31.2 Å². The van der Waals surface area contributed by atoms with E-state index < -0.39 is 11.7 Å². The third-order valence-corrected chi connectivity index (χ3v) is 4.75. The van der Waals surface area contributed by atoms with E-state index >= 15 is 0 Å². The number of carbonyl (C=O) groups is 1. The summed E-state index contributed by atoms with van der Waals surface area (Å²) in [6.45, 7) is 4.41. The van der Waals surface area contributed by atoms with Crippen LogP contribution in [-0.4, -0.2) is 50.1 Å². The normalized spacial score (nSPS) is 15.2. The van der Waals surface area contributed by atoms with E-state index in [-0.39, 0.29) is 18.1 Å². The highest BCUT2D eigenvalue weighted by molar-refractivity contribution is 5.93. The molecule has 1 heterocycles. The molecule has 1 fully saturated rings. The maximum Gasteiger partial charge on any atom is 0.418 e. The van der Waals surface area contributed by atoms with Crippen LogP contribution in [0.15, 0.2) is 48.5 Å². The van der Waals surface area contributed by atoms with E-state index in [4.69, 9.17) is 4.74 Å². The number of halogens is 3. The number of piperazine rings is 1. The number of hydrogen-bond donors (Lipinski definition) is 1. The van der Waals surface area contributed by atoms with Crippen LogP contribution >= 0.6 is 0 Å². The average molecular weight is 407 g/mol. The van der Waals surface area contributed by atoms with Crippen molar-refractivity contribution in [3.8, 4) is 5.75 Å². The topological polar surface area (TPSA) is 44.8 Å². The van der Waals surface area contributed by atoms with Crippen LogP contribution < -0.4 is 15.0 Å². The van der Waals surface area contributed by atoms with Crippen molar-refractivity contribution in [2.45, 2.75) is 13.1 Å². The van der Waals surface area contributed by atoms with E-state index in [1.807, 2.05) is 24.0 Å². The minimum absolute atomic E-state index is 0.176. The quantitative estimate of drug-likeness (QED) is 0.790. The molecule has 0 atom stereocenters. The van der Waals surface area contributed by atoms with Gasteiger partial charge in [-0.25, -0.2) is 0 Å². The SMILES string of the molecule is CCOc1ccccc1NC(=O)CN1CCN(c2ccccc2C(F)(F)F)CC1. The van der Waals surface area contributed by atoms with Crippen molar-refractivity contribution in [1.29, 1.82) is 0 Å². The van der Waals surface area contributed by atoms with Crippen molar-refractivity contribution in [3.63, 3.8) is 0 Å². The van der Waals surface area contributed by atoms with Crippen LogP contribution in [0, 0.1) is 0 Å². The van der Waals surface area contributed by atoms with Crippen LogP contribution in [0.1, 0.15) is 12.5 Å². The molecule has 0 aromatic heterocycles. The second-order valence-corrected chi connectivity index (χ2v) is 6.76. The molecule has 5 nitrogen and oxygen atoms in total. The van der Waals surface area contributed by atoms with E-state index in [9.17, 15) is 18.0 Å². The Balaban J connectivity index is 1.56. The lowest BCUT2D eigenvalue weighted by Gasteiger charge is -2.36. The van der Waals surface area contributed by atoms with Gasteiger partial charge in [0.2, 0.25) is 5.91 Å². The number of nitrogens with zero attached hydrogens (tertiary/aromatic N) is 2. The van der Waals surface area contributed by atoms with Gasteiger partial charge in [0.25, 0.3) is 0 Å². The van der Waals surface area contributed by atoms with Crippen molar-refractivity contribution < 1.29 is 22.7 Å². The number of hydrogen-bond acceptors (Lipinski definition) is 4. The Morgan fingerprint density at radius 3 is 2.38 bits per heavy atom. The third kappa shape index (κ3) is 5.41. The van der Waals surface area contributed by atoms with Crippen molar-refractivity contribution in [2.24, 2.45) is 0 Å². The summed E-state index contributed by atoms with van der Waals surface area (Å²) in [6, 6.07) is 12.8. The van der Waals surface area contributed by atoms with Crippen molar-refractivity contribution >= 4 is 17.3 Å². The summed E-state index contributed by atoms with van der Waals surface area (Å²) in [4.78, 5) is 16.1. The summed E-state index contributed by atoms with van der Waals surface area (Å²) >= 11 is 0. The smallest absolute Gasteiger partial charge is 0.418 e. The predicted molar refractivity (Wildman–Crippen MR) is 106 cm³/mol. The van der Waals surface area contributed by atoms with Crippen LogP contribution in [0.4, 0.5) is 24.5 Å². The molecule has 1 amide bonds. The molecule has 0 unspecified atom stereocenters. The lowest BCUT2D eigenvalue weighted by molar-refractivity contribution is -0.137. The Kier molecular flexibility index (Phi) is 6.64. The van der Waals surface area contributed by atoms with Gasteiger partial charge in [-0.3, -0.25) is 9.69 Å². The lowest BCUT2D eigenvalue weighted by Crippen LogP contribution is -2.49. The summed E-state index contributed by atoms with van der Waals surface area (Å²) < 4.78 is 45.2. The summed E-state index contributed by atoms with van der Waals surface area (Å²) in [5, 5.41) is 2.85. The highest BCUT2D eigenvalue weighted by Gasteiger charge is 2.35. The van der Waals surface area contributed by atoms with Crippen molar-refractivity contribution in [2.75, 3.05) is 49.5 Å². The number of carbonyl (C=O) groups excluding carboxylic acids is 1. The highest BCUT2D eigenvalue weighted by atomic mass is 19.4. The number of nitrogens with one attached hydrogen (secondary N) is 1. The second-order valence-electron chi connectivity index (χ2n) is 6.76. The van der Waals surface area contributed by atoms with Gasteiger partial charge < -0.3 is 15.0 Å². The van der Waals surface area contributed by atoms with Gasteiger partial charge >= 0.3 is 6.18 Å². The number of alkyl halides is 3. The van der Waals surface area contributed by atoms with Crippen LogP contribution in [0.5, 0.6) is 5.75 Å². The number of para-hydroxylation sites is 3. The van der Waals surface area contributed by atoms with E-state index in [1.54, 1.807) is 23.1 Å². The minimum atomic E-state index is -4.39. The van der Waals surface area contributed by atoms with Gasteiger partial charge in [0.05, 0.1) is 24.4 Å². The molecule has 1 aliphatic rings. The summed E-state index contributed by atoms with van der Waals surface area (Å²) in [5.74, 6) is 0.429. The first-order valence-corrected chi connectivity index (χ1v) is 9.53. The van der Waals surface area contributed by atoms with E-state index in [0.29, 0.717) is 44.2 Å². The largest absolute Gasteiger partial charge is 0.492 e. The van der Waals surface area contributed by atoms with E-state index in [2.05, 4.69) is 5.32 Å². The summed E-state index contributed by atoms with van der Waals surface area (Å²) in [5.41, 5.74) is 0.172. The molecule has 0 spiro atoms. The molecule has 2 aromatic rings. The number of ether oxygens (including phenoxy) is 1. The molecule has 1 saturated heterocycles. The molecule has 0 aliphatic carbocycles. The van der Waals surface area contributed by atoms with Crippen molar-refractivity contribution in [1.82, 2.24) is 4.90 Å². The van der Waals surface area contributed by atoms with Gasteiger partial charge in [0.15, 0.2) is 0 Å². The molecule has 29 heavy (non-hydrogen) atoms. The molecule has 2 aromatic carbocycles. The number of rotatable bonds is 6. The highest BCUT2D eigenvalue weighted by Crippen LogP contribution is 2.36. The monoisotopic (exact) mass is 407 g/mol. The van der Waals surface area contributed by atoms with Gasteiger partial charge in [-0.1, -0.05) is 24.3 Å². The van der Waals surface area contributed by atoms with E-state index in [1.165, 1.54) is 12.1 Å². The first kappa shape index (κ1) is 21.0. The number of anilines is 2. The van der Waals surface area contributed by atoms with Gasteiger partial charge in [0, 0.05) is 31.9 Å². The molecular formula is C21H24F3N3O2. The number of amides is 1. The fourth-order valence-corrected chi connectivity index (χ4v) is 3.38. The fourth-order valence-electron chi connectivity index (χ4n) is 3.38. The van der Waals surface area contributed by atoms with E-state index in [0.717, 1.165) is 6.07 Å². The first-order chi connectivity index (χ1) is 13.9. The predicted octanol–water partition coefficient (Wildman–Crippen LogP) is 3.86. The zero-order valence-corrected chi connectivity index (χ0v) is 16.2. The van der Waals surface area contributed by atoms with Gasteiger partial charge in [-0.15, -0.1) is 0 Å². The zero-order chi connectivity index (χ0) is 20.9. The molecule has 156 valence electrons. The third-order valence-electron chi connectivity index (χ3n) is 4.75. The Labute approximate surface area is 168 Å². The molecule has 1 N–H and O–H groups in total. The van der Waals surface area contributed by atoms with Crippen LogP contribution in [0.2, 0.25) is 0 Å². The molecule has 0 saturated carbocycles. The van der Waals surface area contributed by atoms with Crippen LogP contribution in [-0.2, 0) is 11.0 Å². The van der Waals surface area contributed by atoms with Crippen molar-refractivity contribution in [3.05, 3.63) is 54.1 Å². The Hall–Kier alpha value is -2.74. The zero-order valence-electron chi connectivity index (χ0n) is 16.2. The van der Waals surface area contributed by atoms with Gasteiger partial charge in [-0.2, -0.15) is 13.2 Å². The maximum atomic E-state index is 13.2. The molecule has 1 aliphatic heterocycles. The lowest BCUT2D eigenvalue weighted by atomic mass is 10.1. The Bertz CT molecular complexity index is 834. The average Bonchev–Trinajstić information content (AvgIpc) is 2.69. The van der Waals surface area contributed by atoms with Crippen LogP contribution in [0.25, 0.3) is 0 Å². The molecule has 8 heteroatoms. The van der Waals surface area contributed by atoms with Gasteiger partial charge in [0.1, 0.15) is 5.75 Å². The fraction of sp³-hybridized carbons (Fsp3) is 0.381. The molecular weight excluding hydrogens is 383 g/mol. The van der Waals surface area contributed by atoms with Crippen LogP contribution in [0.3, 0.4) is 0 Å². The molecule has 0 radical (unpaired) electrons. The maximum absolute atomic E-state index is 13.2. The Morgan fingerprint density at radius 1 is 1.03 bits per heavy atom. The second kappa shape index (κ2) is 9.17. The standard InChI is InChI=1S/C21H24F3N3O2/c1-2-29-19-10-6-4-8-17(19)25-20(28)15-26-11-13-27(14-12-26)18-9-5-3-7-16(18)21(22,23)24/h3-10H,2,11-15H2,1H3,(H,25,28).